The minimum absolute atomic E-state index is 0.652. The molecule has 9 aromatic carbocycles. The SMILES string of the molecule is c1ccc(N(c2ccccc2)c2cccc(N(c3cccc(N(c4ccccc4)c4ccc(C5CCCCC5)cc4)c3)c3ccc4c(c3)c3ccccc3n4-c3ccccc3)c2)cc1. The van der Waals surface area contributed by atoms with Crippen LogP contribution < -0.4 is 14.7 Å². The molecular weight excluding hydrogens is 777 g/mol. The Morgan fingerprint density at radius 2 is 0.688 bits per heavy atom. The van der Waals surface area contributed by atoms with E-state index < -0.39 is 0 Å². The zero-order valence-corrected chi connectivity index (χ0v) is 35.9. The van der Waals surface area contributed by atoms with Crippen LogP contribution in [0.15, 0.2) is 237 Å². The molecule has 0 aliphatic heterocycles. The fourth-order valence-corrected chi connectivity index (χ4v) is 9.90. The summed E-state index contributed by atoms with van der Waals surface area (Å²) >= 11 is 0. The first-order valence-electron chi connectivity index (χ1n) is 22.7. The second-order valence-electron chi connectivity index (χ2n) is 16.9. The average Bonchev–Trinajstić information content (AvgIpc) is 3.70. The molecule has 4 nitrogen and oxygen atoms in total. The lowest BCUT2D eigenvalue weighted by Crippen LogP contribution is -2.14. The van der Waals surface area contributed by atoms with Crippen molar-refractivity contribution in [3.8, 4) is 5.69 Å². The third kappa shape index (κ3) is 7.58. The van der Waals surface area contributed by atoms with Crippen LogP contribution in [0.3, 0.4) is 0 Å². The highest BCUT2D eigenvalue weighted by Gasteiger charge is 2.22. The number of anilines is 9. The maximum absolute atomic E-state index is 2.42. The summed E-state index contributed by atoms with van der Waals surface area (Å²) in [5.41, 5.74) is 14.8. The van der Waals surface area contributed by atoms with Gasteiger partial charge in [0.2, 0.25) is 0 Å². The molecule has 0 N–H and O–H groups in total. The molecule has 0 amide bonds. The Morgan fingerprint density at radius 1 is 0.297 bits per heavy atom. The number of rotatable bonds is 11. The summed E-state index contributed by atoms with van der Waals surface area (Å²) in [7, 11) is 0. The van der Waals surface area contributed by atoms with Crippen LogP contribution in [-0.4, -0.2) is 4.57 Å². The van der Waals surface area contributed by atoms with E-state index in [0.29, 0.717) is 5.92 Å². The first-order valence-corrected chi connectivity index (χ1v) is 22.7. The highest BCUT2D eigenvalue weighted by Crippen LogP contribution is 2.45. The zero-order chi connectivity index (χ0) is 42.7. The molecule has 0 atom stereocenters. The highest BCUT2D eigenvalue weighted by atomic mass is 15.2. The fourth-order valence-electron chi connectivity index (χ4n) is 9.90. The molecule has 0 unspecified atom stereocenters. The molecule has 11 rings (SSSR count). The molecule has 0 radical (unpaired) electrons. The van der Waals surface area contributed by atoms with E-state index in [0.717, 1.165) is 56.9 Å². The number of benzene rings is 9. The van der Waals surface area contributed by atoms with E-state index in [1.165, 1.54) is 59.5 Å². The van der Waals surface area contributed by atoms with Gasteiger partial charge in [-0.1, -0.05) is 135 Å². The van der Waals surface area contributed by atoms with Gasteiger partial charge in [0.1, 0.15) is 0 Å². The van der Waals surface area contributed by atoms with Gasteiger partial charge in [-0.05, 0) is 146 Å². The van der Waals surface area contributed by atoms with Crippen LogP contribution in [0.2, 0.25) is 0 Å². The van der Waals surface area contributed by atoms with Gasteiger partial charge in [0, 0.05) is 67.6 Å². The number of fused-ring (bicyclic) bond motifs is 3. The van der Waals surface area contributed by atoms with E-state index >= 15 is 0 Å². The van der Waals surface area contributed by atoms with Gasteiger partial charge in [-0.2, -0.15) is 0 Å². The Hall–Kier alpha value is -7.82. The van der Waals surface area contributed by atoms with Crippen molar-refractivity contribution >= 4 is 73.0 Å². The van der Waals surface area contributed by atoms with Crippen LogP contribution in [0.1, 0.15) is 43.6 Å². The Bertz CT molecular complexity index is 3100. The van der Waals surface area contributed by atoms with Crippen LogP contribution in [0.5, 0.6) is 0 Å². The summed E-state index contributed by atoms with van der Waals surface area (Å²) in [4.78, 5) is 7.15. The summed E-state index contributed by atoms with van der Waals surface area (Å²) in [5, 5.41) is 2.42. The van der Waals surface area contributed by atoms with Crippen molar-refractivity contribution < 1.29 is 0 Å². The van der Waals surface area contributed by atoms with Gasteiger partial charge < -0.3 is 19.3 Å². The van der Waals surface area contributed by atoms with Gasteiger partial charge in [0.15, 0.2) is 0 Å². The molecule has 1 heterocycles. The number of nitrogens with zero attached hydrogens (tertiary/aromatic N) is 4. The molecule has 10 aromatic rings. The van der Waals surface area contributed by atoms with Crippen molar-refractivity contribution in [3.63, 3.8) is 0 Å². The summed E-state index contributed by atoms with van der Waals surface area (Å²) in [5.74, 6) is 0.652. The van der Waals surface area contributed by atoms with Crippen LogP contribution >= 0.6 is 0 Å². The predicted octanol–water partition coefficient (Wildman–Crippen LogP) is 17.2. The van der Waals surface area contributed by atoms with Crippen LogP contribution in [0, 0.1) is 0 Å². The molecule has 0 spiro atoms. The van der Waals surface area contributed by atoms with Gasteiger partial charge in [-0.25, -0.2) is 0 Å². The minimum Gasteiger partial charge on any atom is -0.310 e. The molecule has 1 saturated carbocycles. The number of para-hydroxylation sites is 5. The largest absolute Gasteiger partial charge is 0.310 e. The summed E-state index contributed by atoms with van der Waals surface area (Å²) in [6, 6.07) is 85.9. The van der Waals surface area contributed by atoms with E-state index in [-0.39, 0.29) is 0 Å². The van der Waals surface area contributed by atoms with Crippen LogP contribution in [-0.2, 0) is 0 Å². The normalized spacial score (nSPS) is 12.9. The van der Waals surface area contributed by atoms with E-state index in [4.69, 9.17) is 0 Å². The Labute approximate surface area is 376 Å². The topological polar surface area (TPSA) is 14.7 Å². The molecule has 1 aromatic heterocycles. The Kier molecular flexibility index (Phi) is 10.7. The standard InChI is InChI=1S/C60H50N4/c1-6-20-45(21-7-1)46-36-38-51(39-37-46)62(49-26-12-4-13-27-49)53-31-19-33-55(43-53)63(54-32-18-30-52(42-54)61(47-22-8-2-9-23-47)48-24-10-3-11-25-48)56-40-41-60-58(44-56)57-34-16-17-35-59(57)64(60)50-28-14-5-15-29-50/h2-5,8-19,22-45H,1,6-7,20-21H2. The second kappa shape index (κ2) is 17.5. The molecule has 4 heteroatoms. The summed E-state index contributed by atoms with van der Waals surface area (Å²) in [6.45, 7) is 0. The molecule has 1 aliphatic carbocycles. The van der Waals surface area contributed by atoms with Gasteiger partial charge in [-0.3, -0.25) is 0 Å². The van der Waals surface area contributed by atoms with Crippen LogP contribution in [0.25, 0.3) is 27.5 Å². The Balaban J connectivity index is 1.09. The first kappa shape index (κ1) is 39.1. The number of aromatic nitrogens is 1. The van der Waals surface area contributed by atoms with Gasteiger partial charge >= 0.3 is 0 Å². The van der Waals surface area contributed by atoms with Crippen molar-refractivity contribution in [2.24, 2.45) is 0 Å². The zero-order valence-electron chi connectivity index (χ0n) is 35.9. The average molecular weight is 827 g/mol. The highest BCUT2D eigenvalue weighted by molar-refractivity contribution is 6.10. The fraction of sp³-hybridized carbons (Fsp3) is 0.100. The van der Waals surface area contributed by atoms with Gasteiger partial charge in [0.05, 0.1) is 11.0 Å². The van der Waals surface area contributed by atoms with Crippen molar-refractivity contribution in [3.05, 3.63) is 242 Å². The lowest BCUT2D eigenvalue weighted by atomic mass is 9.84. The number of hydrogen-bond donors (Lipinski definition) is 0. The number of hydrogen-bond acceptors (Lipinski definition) is 3. The molecule has 310 valence electrons. The molecule has 0 saturated heterocycles. The summed E-state index contributed by atoms with van der Waals surface area (Å²) < 4.78 is 2.38. The van der Waals surface area contributed by atoms with Crippen LogP contribution in [0.4, 0.5) is 51.2 Å². The van der Waals surface area contributed by atoms with Gasteiger partial charge in [-0.15, -0.1) is 0 Å². The van der Waals surface area contributed by atoms with E-state index in [9.17, 15) is 0 Å². The van der Waals surface area contributed by atoms with Crippen molar-refractivity contribution in [2.45, 2.75) is 38.0 Å². The van der Waals surface area contributed by atoms with E-state index in [1.54, 1.807) is 0 Å². The van der Waals surface area contributed by atoms with E-state index in [2.05, 4.69) is 256 Å². The first-order chi connectivity index (χ1) is 31.8. The lowest BCUT2D eigenvalue weighted by Gasteiger charge is -2.31. The maximum atomic E-state index is 2.42. The Morgan fingerprint density at radius 3 is 1.22 bits per heavy atom. The monoisotopic (exact) mass is 826 g/mol. The van der Waals surface area contributed by atoms with E-state index in [1.807, 2.05) is 0 Å². The maximum Gasteiger partial charge on any atom is 0.0542 e. The molecule has 0 bridgehead atoms. The third-order valence-electron chi connectivity index (χ3n) is 12.9. The lowest BCUT2D eigenvalue weighted by molar-refractivity contribution is 0.443. The van der Waals surface area contributed by atoms with Gasteiger partial charge in [0.25, 0.3) is 0 Å². The summed E-state index contributed by atoms with van der Waals surface area (Å²) in [6.07, 6.45) is 6.58. The second-order valence-corrected chi connectivity index (χ2v) is 16.9. The molecular formula is C60H50N4. The molecule has 64 heavy (non-hydrogen) atoms. The minimum atomic E-state index is 0.652. The van der Waals surface area contributed by atoms with Crippen molar-refractivity contribution in [1.29, 1.82) is 0 Å². The van der Waals surface area contributed by atoms with Crippen molar-refractivity contribution in [1.82, 2.24) is 4.57 Å². The van der Waals surface area contributed by atoms with Crippen molar-refractivity contribution in [2.75, 3.05) is 14.7 Å². The third-order valence-corrected chi connectivity index (χ3v) is 12.9. The quantitative estimate of drug-likeness (QED) is 0.129. The predicted molar refractivity (Wildman–Crippen MR) is 271 cm³/mol. The smallest absolute Gasteiger partial charge is 0.0542 e. The molecule has 1 aliphatic rings. The molecule has 1 fully saturated rings.